The van der Waals surface area contributed by atoms with E-state index in [0.29, 0.717) is 9.90 Å². The Bertz CT molecular complexity index is 613. The summed E-state index contributed by atoms with van der Waals surface area (Å²) in [6.07, 6.45) is 0. The molecule has 0 saturated heterocycles. The fourth-order valence-electron chi connectivity index (χ4n) is 1.50. The second-order valence-corrected chi connectivity index (χ2v) is 7.29. The second kappa shape index (κ2) is 4.83. The Morgan fingerprint density at radius 3 is 2.61 bits per heavy atom. The molecule has 2 rings (SSSR count). The van der Waals surface area contributed by atoms with Crippen LogP contribution in [0, 0.1) is 0 Å². The van der Waals surface area contributed by atoms with Crippen LogP contribution in [0.15, 0.2) is 22.7 Å². The van der Waals surface area contributed by atoms with E-state index in [1.54, 1.807) is 0 Å². The van der Waals surface area contributed by atoms with Crippen molar-refractivity contribution in [3.63, 3.8) is 0 Å². The molecule has 96 valence electrons. The van der Waals surface area contributed by atoms with E-state index in [-0.39, 0.29) is 5.97 Å². The molecule has 2 aromatic rings. The van der Waals surface area contributed by atoms with Gasteiger partial charge < -0.3 is 4.74 Å². The largest absolute Gasteiger partial charge is 0.456 e. The number of esters is 1. The van der Waals surface area contributed by atoms with E-state index < -0.39 is 5.60 Å². The topological polar surface area (TPSA) is 26.3 Å². The van der Waals surface area contributed by atoms with Crippen molar-refractivity contribution < 1.29 is 9.53 Å². The maximum Gasteiger partial charge on any atom is 0.348 e. The van der Waals surface area contributed by atoms with Crippen molar-refractivity contribution in [3.8, 4) is 0 Å². The van der Waals surface area contributed by atoms with Crippen molar-refractivity contribution in [1.29, 1.82) is 0 Å². The first-order valence-corrected chi connectivity index (χ1v) is 7.37. The smallest absolute Gasteiger partial charge is 0.348 e. The van der Waals surface area contributed by atoms with Gasteiger partial charge in [0.15, 0.2) is 0 Å². The predicted molar refractivity (Wildman–Crippen MR) is 79.7 cm³/mol. The number of rotatable bonds is 1. The third kappa shape index (κ3) is 3.05. The molecule has 0 spiro atoms. The maximum atomic E-state index is 12.0. The number of thiophene rings is 1. The first-order valence-electron chi connectivity index (χ1n) is 5.38. The lowest BCUT2D eigenvalue weighted by atomic mass is 10.2. The molecule has 0 unspecified atom stereocenters. The number of hydrogen-bond donors (Lipinski definition) is 0. The van der Waals surface area contributed by atoms with E-state index in [9.17, 15) is 4.79 Å². The summed E-state index contributed by atoms with van der Waals surface area (Å²) < 4.78 is 7.14. The van der Waals surface area contributed by atoms with Crippen molar-refractivity contribution in [1.82, 2.24) is 0 Å². The molecule has 0 N–H and O–H groups in total. The Kier molecular flexibility index (Phi) is 3.72. The predicted octanol–water partition coefficient (Wildman–Crippen LogP) is 5.27. The number of hydrogen-bond acceptors (Lipinski definition) is 3. The molecule has 1 aromatic carbocycles. The van der Waals surface area contributed by atoms with Crippen LogP contribution in [0.3, 0.4) is 0 Å². The van der Waals surface area contributed by atoms with Gasteiger partial charge in [0, 0.05) is 4.47 Å². The normalized spacial score (nSPS) is 11.8. The molecule has 0 aliphatic carbocycles. The number of ether oxygens (including phenoxy) is 1. The van der Waals surface area contributed by atoms with Crippen LogP contribution in [0.25, 0.3) is 10.1 Å². The molecular formula is C13H12BrClO2S. The highest BCUT2D eigenvalue weighted by molar-refractivity contribution is 9.10. The average molecular weight is 348 g/mol. The van der Waals surface area contributed by atoms with Gasteiger partial charge in [0.1, 0.15) is 10.5 Å². The molecule has 1 heterocycles. The summed E-state index contributed by atoms with van der Waals surface area (Å²) in [4.78, 5) is 12.5. The number of carbonyl (C=O) groups excluding carboxylic acids is 1. The molecule has 5 heteroatoms. The van der Waals surface area contributed by atoms with Crippen molar-refractivity contribution in [3.05, 3.63) is 32.6 Å². The van der Waals surface area contributed by atoms with Gasteiger partial charge >= 0.3 is 5.97 Å². The van der Waals surface area contributed by atoms with Crippen LogP contribution in [0.1, 0.15) is 30.4 Å². The van der Waals surface area contributed by atoms with Gasteiger partial charge in [-0.05, 0) is 44.4 Å². The lowest BCUT2D eigenvalue weighted by molar-refractivity contribution is 0.00753. The van der Waals surface area contributed by atoms with Gasteiger partial charge in [0.25, 0.3) is 0 Å². The van der Waals surface area contributed by atoms with Gasteiger partial charge in [-0.2, -0.15) is 0 Å². The fourth-order valence-corrected chi connectivity index (χ4v) is 3.38. The summed E-state index contributed by atoms with van der Waals surface area (Å²) in [6, 6.07) is 5.57. The minimum atomic E-state index is -0.488. The van der Waals surface area contributed by atoms with Gasteiger partial charge in [-0.15, -0.1) is 11.3 Å². The number of halogens is 2. The number of benzene rings is 1. The Hall–Kier alpha value is -0.580. The van der Waals surface area contributed by atoms with Crippen LogP contribution in [0.5, 0.6) is 0 Å². The van der Waals surface area contributed by atoms with Gasteiger partial charge in [0.2, 0.25) is 0 Å². The van der Waals surface area contributed by atoms with Gasteiger partial charge in [-0.1, -0.05) is 27.5 Å². The molecule has 0 amide bonds. The summed E-state index contributed by atoms with van der Waals surface area (Å²) in [7, 11) is 0. The van der Waals surface area contributed by atoms with E-state index in [1.807, 2.05) is 39.0 Å². The Balaban J connectivity index is 2.42. The number of carbonyl (C=O) groups is 1. The fraction of sp³-hybridized carbons (Fsp3) is 0.308. The van der Waals surface area contributed by atoms with Gasteiger partial charge in [-0.25, -0.2) is 4.79 Å². The number of fused-ring (bicyclic) bond motifs is 1. The Morgan fingerprint density at radius 1 is 1.33 bits per heavy atom. The highest BCUT2D eigenvalue weighted by Crippen LogP contribution is 2.35. The lowest BCUT2D eigenvalue weighted by Gasteiger charge is -2.18. The molecule has 0 fully saturated rings. The zero-order valence-corrected chi connectivity index (χ0v) is 13.4. The first-order chi connectivity index (χ1) is 8.26. The van der Waals surface area contributed by atoms with E-state index >= 15 is 0 Å². The SMILES string of the molecule is CC(C)(C)OC(=O)c1cc2cc(Br)cc(Cl)c2s1. The minimum absolute atomic E-state index is 0.309. The van der Waals surface area contributed by atoms with E-state index in [1.165, 1.54) is 11.3 Å². The van der Waals surface area contributed by atoms with Crippen molar-refractivity contribution >= 4 is 54.9 Å². The summed E-state index contributed by atoms with van der Waals surface area (Å²) in [5.41, 5.74) is -0.488. The average Bonchev–Trinajstić information content (AvgIpc) is 2.58. The first kappa shape index (κ1) is 13.8. The third-order valence-corrected chi connectivity index (χ3v) is 4.17. The van der Waals surface area contributed by atoms with Crippen molar-refractivity contribution in [2.45, 2.75) is 26.4 Å². The molecular weight excluding hydrogens is 336 g/mol. The van der Waals surface area contributed by atoms with E-state index in [4.69, 9.17) is 16.3 Å². The van der Waals surface area contributed by atoms with Crippen LogP contribution in [0.2, 0.25) is 5.02 Å². The second-order valence-electron chi connectivity index (χ2n) is 4.92. The van der Waals surface area contributed by atoms with Crippen LogP contribution in [-0.4, -0.2) is 11.6 Å². The highest BCUT2D eigenvalue weighted by atomic mass is 79.9. The molecule has 2 nitrogen and oxygen atoms in total. The van der Waals surface area contributed by atoms with Crippen LogP contribution in [-0.2, 0) is 4.74 Å². The summed E-state index contributed by atoms with van der Waals surface area (Å²) >= 11 is 10.9. The van der Waals surface area contributed by atoms with Gasteiger partial charge in [0.05, 0.1) is 9.72 Å². The lowest BCUT2D eigenvalue weighted by Crippen LogP contribution is -2.23. The third-order valence-electron chi connectivity index (χ3n) is 2.14. The van der Waals surface area contributed by atoms with Crippen LogP contribution in [0.4, 0.5) is 0 Å². The Morgan fingerprint density at radius 2 is 2.00 bits per heavy atom. The maximum absolute atomic E-state index is 12.0. The van der Waals surface area contributed by atoms with Crippen molar-refractivity contribution in [2.75, 3.05) is 0 Å². The molecule has 0 aliphatic rings. The molecule has 0 bridgehead atoms. The summed E-state index contributed by atoms with van der Waals surface area (Å²) in [6.45, 7) is 5.55. The van der Waals surface area contributed by atoms with Crippen molar-refractivity contribution in [2.24, 2.45) is 0 Å². The molecule has 18 heavy (non-hydrogen) atoms. The highest BCUT2D eigenvalue weighted by Gasteiger charge is 2.20. The van der Waals surface area contributed by atoms with E-state index in [2.05, 4.69) is 15.9 Å². The van der Waals surface area contributed by atoms with E-state index in [0.717, 1.165) is 14.6 Å². The summed E-state index contributed by atoms with van der Waals surface area (Å²) in [5.74, 6) is -0.309. The quantitative estimate of drug-likeness (QED) is 0.657. The molecule has 1 aromatic heterocycles. The Labute approximate surface area is 123 Å². The summed E-state index contributed by atoms with van der Waals surface area (Å²) in [5, 5.41) is 1.58. The molecule has 0 aliphatic heterocycles. The molecule has 0 saturated carbocycles. The standard InChI is InChI=1S/C13H12BrClO2S/c1-13(2,3)17-12(16)10-5-7-4-8(14)6-9(15)11(7)18-10/h4-6H,1-3H3. The van der Waals surface area contributed by atoms with Crippen LogP contribution < -0.4 is 0 Å². The monoisotopic (exact) mass is 346 g/mol. The van der Waals surface area contributed by atoms with Gasteiger partial charge in [-0.3, -0.25) is 0 Å². The molecule has 0 radical (unpaired) electrons. The zero-order chi connectivity index (χ0) is 13.5. The molecule has 0 atom stereocenters. The zero-order valence-electron chi connectivity index (χ0n) is 10.2. The minimum Gasteiger partial charge on any atom is -0.456 e. The van der Waals surface area contributed by atoms with Crippen LogP contribution >= 0.6 is 38.9 Å².